The summed E-state index contributed by atoms with van der Waals surface area (Å²) in [6.45, 7) is 1.39. The van der Waals surface area contributed by atoms with Gasteiger partial charge in [-0.15, -0.1) is 0 Å². The second-order valence-corrected chi connectivity index (χ2v) is 5.47. The first-order valence-electron chi connectivity index (χ1n) is 5.86. The van der Waals surface area contributed by atoms with Gasteiger partial charge in [0.05, 0.1) is 11.1 Å². The maximum atomic E-state index is 13.4. The number of piperidine rings is 1. The summed E-state index contributed by atoms with van der Waals surface area (Å²) in [4.78, 5) is 24.8. The molecule has 0 aromatic carbocycles. The second-order valence-electron chi connectivity index (χ2n) is 4.73. The molecule has 19 heavy (non-hydrogen) atoms. The summed E-state index contributed by atoms with van der Waals surface area (Å²) in [6, 6.07) is 0. The lowest BCUT2D eigenvalue weighted by Gasteiger charge is -2.36. The van der Waals surface area contributed by atoms with Crippen molar-refractivity contribution in [3.8, 4) is 0 Å². The average Bonchev–Trinajstić information content (AvgIpc) is 2.81. The van der Waals surface area contributed by atoms with Gasteiger partial charge in [0.25, 0.3) is 11.8 Å². The van der Waals surface area contributed by atoms with Crippen LogP contribution in [0.5, 0.6) is 0 Å². The number of rotatable bonds is 2. The molecule has 1 aromatic rings. The summed E-state index contributed by atoms with van der Waals surface area (Å²) in [7, 11) is 0. The van der Waals surface area contributed by atoms with Gasteiger partial charge in [0.1, 0.15) is 0 Å². The Morgan fingerprint density at radius 3 is 2.63 bits per heavy atom. The molecule has 2 N–H and O–H groups in total. The Balaban J connectivity index is 2.17. The van der Waals surface area contributed by atoms with Crippen molar-refractivity contribution in [2.24, 2.45) is 11.7 Å². The largest absolute Gasteiger partial charge is 0.366 e. The smallest absolute Gasteiger partial charge is 0.255 e. The molecule has 1 saturated heterocycles. The van der Waals surface area contributed by atoms with Crippen LogP contribution in [0.15, 0.2) is 10.8 Å². The lowest BCUT2D eigenvalue weighted by atomic mass is 9.95. The fourth-order valence-electron chi connectivity index (χ4n) is 2.09. The number of halogens is 2. The number of nitrogens with zero attached hydrogens (tertiary/aromatic N) is 1. The first kappa shape index (κ1) is 13.9. The highest BCUT2D eigenvalue weighted by Gasteiger charge is 2.42. The quantitative estimate of drug-likeness (QED) is 0.904. The van der Waals surface area contributed by atoms with Crippen molar-refractivity contribution in [1.82, 2.24) is 4.90 Å². The number of hydrogen-bond donors (Lipinski definition) is 1. The van der Waals surface area contributed by atoms with Gasteiger partial charge in [0.15, 0.2) is 0 Å². The number of amides is 2. The number of primary amides is 1. The van der Waals surface area contributed by atoms with E-state index in [1.807, 2.05) is 0 Å². The molecule has 0 aliphatic carbocycles. The fourth-order valence-corrected chi connectivity index (χ4v) is 2.91. The van der Waals surface area contributed by atoms with Crippen molar-refractivity contribution < 1.29 is 18.4 Å². The maximum Gasteiger partial charge on any atom is 0.255 e. The van der Waals surface area contributed by atoms with Crippen molar-refractivity contribution in [2.75, 3.05) is 13.1 Å². The van der Waals surface area contributed by atoms with E-state index in [1.165, 1.54) is 33.9 Å². The van der Waals surface area contributed by atoms with Gasteiger partial charge < -0.3 is 10.6 Å². The molecule has 1 atom stereocenters. The minimum absolute atomic E-state index is 0.00970. The van der Waals surface area contributed by atoms with Crippen molar-refractivity contribution in [1.29, 1.82) is 0 Å². The molecule has 0 radical (unpaired) electrons. The second kappa shape index (κ2) is 4.88. The lowest BCUT2D eigenvalue weighted by Crippen LogP contribution is -2.48. The third kappa shape index (κ3) is 2.60. The molecule has 4 nitrogen and oxygen atoms in total. The minimum atomic E-state index is -2.74. The molecule has 1 fully saturated rings. The minimum Gasteiger partial charge on any atom is -0.366 e. The van der Waals surface area contributed by atoms with E-state index < -0.39 is 23.7 Å². The number of carbonyl (C=O) groups is 2. The highest BCUT2D eigenvalue weighted by molar-refractivity contribution is 7.08. The van der Waals surface area contributed by atoms with Gasteiger partial charge in [-0.2, -0.15) is 11.3 Å². The number of likely N-dealkylation sites (tertiary alicyclic amines) is 1. The summed E-state index contributed by atoms with van der Waals surface area (Å²) in [6.07, 6.45) is -0.351. The molecule has 0 spiro atoms. The molecule has 1 unspecified atom stereocenters. The third-order valence-corrected chi connectivity index (χ3v) is 4.12. The van der Waals surface area contributed by atoms with E-state index in [4.69, 9.17) is 5.73 Å². The molecule has 2 amide bonds. The maximum absolute atomic E-state index is 13.4. The fraction of sp³-hybridized carbons (Fsp3) is 0.500. The summed E-state index contributed by atoms with van der Waals surface area (Å²) < 4.78 is 26.7. The van der Waals surface area contributed by atoms with Gasteiger partial charge in [0, 0.05) is 36.2 Å². The van der Waals surface area contributed by atoms with Crippen molar-refractivity contribution in [3.63, 3.8) is 0 Å². The molecular formula is C12H14F2N2O2S. The van der Waals surface area contributed by atoms with E-state index in [-0.39, 0.29) is 30.6 Å². The Morgan fingerprint density at radius 1 is 1.42 bits per heavy atom. The van der Waals surface area contributed by atoms with Crippen LogP contribution in [0, 0.1) is 5.92 Å². The summed E-state index contributed by atoms with van der Waals surface area (Å²) in [5, 5.41) is 3.03. The zero-order valence-corrected chi connectivity index (χ0v) is 11.2. The predicted octanol–water partition coefficient (Wildman–Crippen LogP) is 1.96. The molecule has 0 bridgehead atoms. The lowest BCUT2D eigenvalue weighted by molar-refractivity contribution is -0.0921. The van der Waals surface area contributed by atoms with Crippen LogP contribution in [0.4, 0.5) is 8.78 Å². The van der Waals surface area contributed by atoms with E-state index in [2.05, 4.69) is 0 Å². The summed E-state index contributed by atoms with van der Waals surface area (Å²) >= 11 is 1.19. The van der Waals surface area contributed by atoms with Gasteiger partial charge in [0.2, 0.25) is 5.91 Å². The highest BCUT2D eigenvalue weighted by atomic mass is 32.1. The number of nitrogens with two attached hydrogens (primary N) is 1. The van der Waals surface area contributed by atoms with Crippen LogP contribution < -0.4 is 5.73 Å². The Kier molecular flexibility index (Phi) is 3.58. The summed E-state index contributed by atoms with van der Waals surface area (Å²) in [5.41, 5.74) is 5.53. The Morgan fingerprint density at radius 2 is 2.05 bits per heavy atom. The molecule has 7 heteroatoms. The van der Waals surface area contributed by atoms with Crippen LogP contribution in [0.25, 0.3) is 0 Å². The molecule has 2 heterocycles. The predicted molar refractivity (Wildman–Crippen MR) is 67.5 cm³/mol. The Bertz CT molecular complexity index is 516. The third-order valence-electron chi connectivity index (χ3n) is 3.38. The van der Waals surface area contributed by atoms with Crippen LogP contribution in [-0.4, -0.2) is 35.7 Å². The molecule has 2 rings (SSSR count). The van der Waals surface area contributed by atoms with Crippen molar-refractivity contribution in [3.05, 3.63) is 21.9 Å². The van der Waals surface area contributed by atoms with Crippen LogP contribution in [0.3, 0.4) is 0 Å². The van der Waals surface area contributed by atoms with Crippen LogP contribution in [-0.2, 0) is 0 Å². The SMILES string of the molecule is CC1CN(C(=O)c2cscc2C(N)=O)CCC1(F)F. The molecular weight excluding hydrogens is 274 g/mol. The van der Waals surface area contributed by atoms with Gasteiger partial charge in [-0.05, 0) is 0 Å². The number of alkyl halides is 2. The van der Waals surface area contributed by atoms with E-state index in [0.717, 1.165) is 0 Å². The Labute approximate surface area is 113 Å². The summed E-state index contributed by atoms with van der Waals surface area (Å²) in [5.74, 6) is -4.71. The van der Waals surface area contributed by atoms with Crippen molar-refractivity contribution >= 4 is 23.2 Å². The van der Waals surface area contributed by atoms with E-state index in [9.17, 15) is 18.4 Å². The molecule has 0 saturated carbocycles. The van der Waals surface area contributed by atoms with Gasteiger partial charge in [-0.3, -0.25) is 9.59 Å². The zero-order chi connectivity index (χ0) is 14.2. The average molecular weight is 288 g/mol. The molecule has 1 aromatic heterocycles. The van der Waals surface area contributed by atoms with Crippen LogP contribution in [0.2, 0.25) is 0 Å². The molecule has 104 valence electrons. The van der Waals surface area contributed by atoms with E-state index >= 15 is 0 Å². The van der Waals surface area contributed by atoms with Crippen LogP contribution in [0.1, 0.15) is 34.1 Å². The van der Waals surface area contributed by atoms with E-state index in [0.29, 0.717) is 0 Å². The topological polar surface area (TPSA) is 63.4 Å². The molecule has 1 aliphatic heterocycles. The zero-order valence-electron chi connectivity index (χ0n) is 10.4. The number of carbonyl (C=O) groups excluding carboxylic acids is 2. The van der Waals surface area contributed by atoms with Crippen molar-refractivity contribution in [2.45, 2.75) is 19.3 Å². The molecule has 1 aliphatic rings. The normalized spacial score (nSPS) is 22.3. The Hall–Kier alpha value is -1.50. The first-order valence-corrected chi connectivity index (χ1v) is 6.80. The first-order chi connectivity index (χ1) is 8.83. The van der Waals surface area contributed by atoms with Gasteiger partial charge in [-0.1, -0.05) is 6.92 Å². The number of thiophene rings is 1. The van der Waals surface area contributed by atoms with Gasteiger partial charge in [-0.25, -0.2) is 8.78 Å². The van der Waals surface area contributed by atoms with E-state index in [1.54, 1.807) is 0 Å². The number of hydrogen-bond acceptors (Lipinski definition) is 3. The standard InChI is InChI=1S/C12H14F2N2O2S/c1-7-4-16(3-2-12(7,13)14)11(18)9-6-19-5-8(9)10(15)17/h5-7H,2-4H2,1H3,(H2,15,17). The monoisotopic (exact) mass is 288 g/mol. The highest BCUT2D eigenvalue weighted by Crippen LogP contribution is 2.33. The van der Waals surface area contributed by atoms with Crippen LogP contribution >= 0.6 is 11.3 Å². The van der Waals surface area contributed by atoms with Gasteiger partial charge >= 0.3 is 0 Å².